The van der Waals surface area contributed by atoms with Crippen LogP contribution in [-0.4, -0.2) is 11.7 Å². The summed E-state index contributed by atoms with van der Waals surface area (Å²) in [5.74, 6) is 1.12. The van der Waals surface area contributed by atoms with Crippen LogP contribution in [0.25, 0.3) is 0 Å². The standard InChI is InChI=1S/C12H10BrClO3/c13-12-6-5-11(17-12)10(15)7-16-9-3-1-8(14)2-4-9/h1-6,10,15H,7H2. The van der Waals surface area contributed by atoms with Gasteiger partial charge in [0.2, 0.25) is 0 Å². The summed E-state index contributed by atoms with van der Waals surface area (Å²) in [6.07, 6.45) is -0.794. The van der Waals surface area contributed by atoms with Crippen molar-refractivity contribution in [2.24, 2.45) is 0 Å². The van der Waals surface area contributed by atoms with E-state index in [1.54, 1.807) is 36.4 Å². The van der Waals surface area contributed by atoms with E-state index < -0.39 is 6.10 Å². The van der Waals surface area contributed by atoms with Gasteiger partial charge in [-0.05, 0) is 52.3 Å². The van der Waals surface area contributed by atoms with E-state index in [-0.39, 0.29) is 6.61 Å². The van der Waals surface area contributed by atoms with Gasteiger partial charge in [0.1, 0.15) is 24.2 Å². The number of aliphatic hydroxyl groups excluding tert-OH is 1. The molecule has 90 valence electrons. The topological polar surface area (TPSA) is 42.6 Å². The molecule has 5 heteroatoms. The zero-order valence-corrected chi connectivity index (χ0v) is 11.1. The van der Waals surface area contributed by atoms with Crippen LogP contribution in [-0.2, 0) is 0 Å². The van der Waals surface area contributed by atoms with Crippen LogP contribution in [0.1, 0.15) is 11.9 Å². The predicted molar refractivity (Wildman–Crippen MR) is 68.3 cm³/mol. The number of ether oxygens (including phenoxy) is 1. The van der Waals surface area contributed by atoms with E-state index >= 15 is 0 Å². The molecule has 17 heavy (non-hydrogen) atoms. The summed E-state index contributed by atoms with van der Waals surface area (Å²) in [5, 5.41) is 10.4. The molecule has 0 aliphatic rings. The van der Waals surface area contributed by atoms with Crippen molar-refractivity contribution in [3.63, 3.8) is 0 Å². The molecule has 0 aliphatic heterocycles. The molecule has 0 saturated heterocycles. The van der Waals surface area contributed by atoms with E-state index in [0.29, 0.717) is 21.2 Å². The first-order chi connectivity index (χ1) is 8.15. The van der Waals surface area contributed by atoms with Gasteiger partial charge in [-0.15, -0.1) is 0 Å². The van der Waals surface area contributed by atoms with Crippen LogP contribution in [0, 0.1) is 0 Å². The second-order valence-electron chi connectivity index (χ2n) is 3.42. The van der Waals surface area contributed by atoms with Crippen molar-refractivity contribution in [1.29, 1.82) is 0 Å². The molecule has 1 atom stereocenters. The van der Waals surface area contributed by atoms with Crippen LogP contribution in [0.4, 0.5) is 0 Å². The first-order valence-electron chi connectivity index (χ1n) is 4.97. The Morgan fingerprint density at radius 2 is 1.94 bits per heavy atom. The third-order valence-electron chi connectivity index (χ3n) is 2.14. The molecule has 0 aliphatic carbocycles. The molecule has 0 radical (unpaired) electrons. The lowest BCUT2D eigenvalue weighted by molar-refractivity contribution is 0.0880. The third kappa shape index (κ3) is 3.49. The molecular weight excluding hydrogens is 307 g/mol. The molecule has 1 aromatic carbocycles. The Bertz CT molecular complexity index is 481. The zero-order chi connectivity index (χ0) is 12.3. The van der Waals surface area contributed by atoms with Crippen molar-refractivity contribution in [2.45, 2.75) is 6.10 Å². The number of hydrogen-bond acceptors (Lipinski definition) is 3. The molecule has 1 unspecified atom stereocenters. The highest BCUT2D eigenvalue weighted by Crippen LogP contribution is 2.22. The molecular formula is C12H10BrClO3. The average Bonchev–Trinajstić information content (AvgIpc) is 2.75. The van der Waals surface area contributed by atoms with Crippen LogP contribution in [0.2, 0.25) is 5.02 Å². The number of furan rings is 1. The molecule has 0 bridgehead atoms. The van der Waals surface area contributed by atoms with Crippen molar-refractivity contribution in [1.82, 2.24) is 0 Å². The Morgan fingerprint density at radius 3 is 2.53 bits per heavy atom. The maximum absolute atomic E-state index is 9.78. The van der Waals surface area contributed by atoms with Crippen molar-refractivity contribution in [2.75, 3.05) is 6.61 Å². The fourth-order valence-electron chi connectivity index (χ4n) is 1.30. The predicted octanol–water partition coefficient (Wildman–Crippen LogP) is 3.81. The summed E-state index contributed by atoms with van der Waals surface area (Å²) >= 11 is 8.92. The summed E-state index contributed by atoms with van der Waals surface area (Å²) in [7, 11) is 0. The van der Waals surface area contributed by atoms with Crippen LogP contribution >= 0.6 is 27.5 Å². The van der Waals surface area contributed by atoms with Crippen LogP contribution < -0.4 is 4.74 Å². The van der Waals surface area contributed by atoms with E-state index in [4.69, 9.17) is 20.8 Å². The molecule has 1 aromatic heterocycles. The van der Waals surface area contributed by atoms with Crippen molar-refractivity contribution in [3.8, 4) is 5.75 Å². The second-order valence-corrected chi connectivity index (χ2v) is 4.64. The SMILES string of the molecule is OC(COc1ccc(Cl)cc1)c1ccc(Br)o1. The van der Waals surface area contributed by atoms with E-state index in [2.05, 4.69) is 15.9 Å². The highest BCUT2D eigenvalue weighted by atomic mass is 79.9. The summed E-state index contributed by atoms with van der Waals surface area (Å²) in [4.78, 5) is 0. The lowest BCUT2D eigenvalue weighted by atomic mass is 10.3. The largest absolute Gasteiger partial charge is 0.490 e. The third-order valence-corrected chi connectivity index (χ3v) is 2.82. The molecule has 2 rings (SSSR count). The number of benzene rings is 1. The summed E-state index contributed by atoms with van der Waals surface area (Å²) < 4.78 is 11.2. The van der Waals surface area contributed by atoms with E-state index in [1.807, 2.05) is 0 Å². The van der Waals surface area contributed by atoms with Gasteiger partial charge in [-0.3, -0.25) is 0 Å². The molecule has 0 spiro atoms. The zero-order valence-electron chi connectivity index (χ0n) is 8.77. The summed E-state index contributed by atoms with van der Waals surface area (Å²) in [5.41, 5.74) is 0. The van der Waals surface area contributed by atoms with Gasteiger partial charge in [0.25, 0.3) is 0 Å². The fraction of sp³-hybridized carbons (Fsp3) is 0.167. The van der Waals surface area contributed by atoms with E-state index in [1.165, 1.54) is 0 Å². The lowest BCUT2D eigenvalue weighted by Gasteiger charge is -2.10. The Labute approximate surface area is 112 Å². The smallest absolute Gasteiger partial charge is 0.169 e. The molecule has 1 N–H and O–H groups in total. The minimum atomic E-state index is -0.794. The minimum absolute atomic E-state index is 0.127. The Kier molecular flexibility index (Phi) is 4.10. The van der Waals surface area contributed by atoms with Gasteiger partial charge >= 0.3 is 0 Å². The quantitative estimate of drug-likeness (QED) is 0.932. The van der Waals surface area contributed by atoms with Gasteiger partial charge in [0.15, 0.2) is 4.67 Å². The molecule has 0 amide bonds. The first kappa shape index (κ1) is 12.5. The summed E-state index contributed by atoms with van der Waals surface area (Å²) in [6, 6.07) is 10.4. The minimum Gasteiger partial charge on any atom is -0.490 e. The maximum Gasteiger partial charge on any atom is 0.169 e. The maximum atomic E-state index is 9.78. The second kappa shape index (κ2) is 5.58. The number of rotatable bonds is 4. The first-order valence-corrected chi connectivity index (χ1v) is 6.14. The highest BCUT2D eigenvalue weighted by molar-refractivity contribution is 9.10. The van der Waals surface area contributed by atoms with Crippen molar-refractivity contribution in [3.05, 3.63) is 51.9 Å². The van der Waals surface area contributed by atoms with Gasteiger partial charge in [-0.1, -0.05) is 11.6 Å². The van der Waals surface area contributed by atoms with Gasteiger partial charge in [0.05, 0.1) is 0 Å². The summed E-state index contributed by atoms with van der Waals surface area (Å²) in [6.45, 7) is 0.127. The van der Waals surface area contributed by atoms with Gasteiger partial charge in [-0.2, -0.15) is 0 Å². The van der Waals surface area contributed by atoms with Crippen LogP contribution in [0.15, 0.2) is 45.5 Å². The molecule has 3 nitrogen and oxygen atoms in total. The molecule has 1 heterocycles. The molecule has 2 aromatic rings. The number of hydrogen-bond donors (Lipinski definition) is 1. The van der Waals surface area contributed by atoms with Crippen molar-refractivity contribution >= 4 is 27.5 Å². The molecule has 0 fully saturated rings. The van der Waals surface area contributed by atoms with Gasteiger partial charge in [-0.25, -0.2) is 0 Å². The normalized spacial score (nSPS) is 12.4. The van der Waals surface area contributed by atoms with E-state index in [0.717, 1.165) is 0 Å². The van der Waals surface area contributed by atoms with Crippen LogP contribution in [0.3, 0.4) is 0 Å². The van der Waals surface area contributed by atoms with E-state index in [9.17, 15) is 5.11 Å². The molecule has 0 saturated carbocycles. The number of aliphatic hydroxyl groups is 1. The Morgan fingerprint density at radius 1 is 1.24 bits per heavy atom. The Hall–Kier alpha value is -0.970. The number of halogens is 2. The van der Waals surface area contributed by atoms with Crippen molar-refractivity contribution < 1.29 is 14.3 Å². The highest BCUT2D eigenvalue weighted by Gasteiger charge is 2.12. The monoisotopic (exact) mass is 316 g/mol. The Balaban J connectivity index is 1.92. The van der Waals surface area contributed by atoms with Gasteiger partial charge in [0, 0.05) is 5.02 Å². The lowest BCUT2D eigenvalue weighted by Crippen LogP contribution is -2.08. The van der Waals surface area contributed by atoms with Gasteiger partial charge < -0.3 is 14.3 Å². The average molecular weight is 318 g/mol. The fourth-order valence-corrected chi connectivity index (χ4v) is 1.74. The van der Waals surface area contributed by atoms with Crippen LogP contribution in [0.5, 0.6) is 5.75 Å².